The van der Waals surface area contributed by atoms with Gasteiger partial charge in [0, 0.05) is 0 Å². The molecule has 0 aliphatic rings. The van der Waals surface area contributed by atoms with Crippen molar-refractivity contribution in [2.45, 2.75) is 11.7 Å². The Kier molecular flexibility index (Phi) is 4.09. The van der Waals surface area contributed by atoms with Crippen molar-refractivity contribution in [1.82, 2.24) is 0 Å². The Morgan fingerprint density at radius 3 is 1.67 bits per heavy atom. The molecule has 12 heavy (non-hydrogen) atoms. The van der Waals surface area contributed by atoms with E-state index in [1.807, 2.05) is 0 Å². The number of carbonyl (C=O) groups excluding carboxylic acids is 2. The molecule has 0 aliphatic carbocycles. The zero-order valence-corrected chi connectivity index (χ0v) is 8.36. The number of rotatable bonds is 3. The van der Waals surface area contributed by atoms with Crippen molar-refractivity contribution in [1.29, 1.82) is 0 Å². The molecule has 0 radical (unpaired) electrons. The average molecular weight is 192 g/mol. The van der Waals surface area contributed by atoms with Crippen LogP contribution in [0.25, 0.3) is 0 Å². The van der Waals surface area contributed by atoms with Gasteiger partial charge >= 0.3 is 11.9 Å². The summed E-state index contributed by atoms with van der Waals surface area (Å²) < 4.78 is 7.69. The topological polar surface area (TPSA) is 52.6 Å². The first-order valence-corrected chi connectivity index (χ1v) is 4.47. The minimum absolute atomic E-state index is 0.596. The van der Waals surface area contributed by atoms with Crippen LogP contribution in [0.15, 0.2) is 0 Å². The molecule has 0 rings (SSSR count). The Bertz CT molecular complexity index is 174. The maximum Gasteiger partial charge on any atom is 0.333 e. The fraction of sp³-hybridized carbons (Fsp3) is 0.714. The Morgan fingerprint density at radius 1 is 1.17 bits per heavy atom. The highest BCUT2D eigenvalue weighted by Crippen LogP contribution is 2.24. The summed E-state index contributed by atoms with van der Waals surface area (Å²) in [6.45, 7) is 1.47. The fourth-order valence-corrected chi connectivity index (χ4v) is 1.14. The lowest BCUT2D eigenvalue weighted by molar-refractivity contribution is -0.155. The number of esters is 2. The summed E-state index contributed by atoms with van der Waals surface area (Å²) in [4.78, 5) is 22.2. The molecule has 0 heterocycles. The van der Waals surface area contributed by atoms with Crippen LogP contribution in [0.2, 0.25) is 0 Å². The standard InChI is InChI=1S/C7H12O4S/c1-7(12-4,5(8)10-2)6(9)11-3/h1-4H3. The van der Waals surface area contributed by atoms with Gasteiger partial charge in [0.2, 0.25) is 4.75 Å². The third-order valence-corrected chi connectivity index (χ3v) is 2.71. The van der Waals surface area contributed by atoms with Gasteiger partial charge in [0.15, 0.2) is 0 Å². The Hall–Kier alpha value is -0.710. The molecule has 4 nitrogen and oxygen atoms in total. The second-order valence-electron chi connectivity index (χ2n) is 2.22. The smallest absolute Gasteiger partial charge is 0.333 e. The van der Waals surface area contributed by atoms with Crippen LogP contribution in [0.1, 0.15) is 6.92 Å². The normalized spacial score (nSPS) is 10.7. The third kappa shape index (κ3) is 1.91. The molecule has 5 heteroatoms. The minimum Gasteiger partial charge on any atom is -0.468 e. The number of methoxy groups -OCH3 is 2. The van der Waals surface area contributed by atoms with Gasteiger partial charge in [-0.1, -0.05) is 0 Å². The van der Waals surface area contributed by atoms with Crippen LogP contribution in [0.3, 0.4) is 0 Å². The summed E-state index contributed by atoms with van der Waals surface area (Å²) in [5.41, 5.74) is 0. The van der Waals surface area contributed by atoms with E-state index in [0.717, 1.165) is 11.8 Å². The lowest BCUT2D eigenvalue weighted by Gasteiger charge is -2.20. The highest BCUT2D eigenvalue weighted by Gasteiger charge is 2.42. The monoisotopic (exact) mass is 192 g/mol. The van der Waals surface area contributed by atoms with E-state index in [0.29, 0.717) is 0 Å². The van der Waals surface area contributed by atoms with Gasteiger partial charge in [-0.3, -0.25) is 0 Å². The summed E-state index contributed by atoms with van der Waals surface area (Å²) in [6, 6.07) is 0. The first kappa shape index (κ1) is 11.3. The lowest BCUT2D eigenvalue weighted by Crippen LogP contribution is -2.42. The molecule has 0 amide bonds. The van der Waals surface area contributed by atoms with E-state index >= 15 is 0 Å². The molecule has 0 saturated carbocycles. The van der Waals surface area contributed by atoms with E-state index in [2.05, 4.69) is 9.47 Å². The van der Waals surface area contributed by atoms with Crippen molar-refractivity contribution < 1.29 is 19.1 Å². The molecular weight excluding hydrogens is 180 g/mol. The van der Waals surface area contributed by atoms with Crippen molar-refractivity contribution >= 4 is 23.7 Å². The Balaban J connectivity index is 4.66. The van der Waals surface area contributed by atoms with Crippen LogP contribution in [0, 0.1) is 0 Å². The molecule has 0 atom stereocenters. The highest BCUT2D eigenvalue weighted by atomic mass is 32.2. The largest absolute Gasteiger partial charge is 0.468 e. The van der Waals surface area contributed by atoms with Crippen molar-refractivity contribution in [3.8, 4) is 0 Å². The highest BCUT2D eigenvalue weighted by molar-refractivity contribution is 8.01. The van der Waals surface area contributed by atoms with Crippen LogP contribution in [-0.4, -0.2) is 37.2 Å². The summed E-state index contributed by atoms with van der Waals surface area (Å²) in [5.74, 6) is -1.19. The molecule has 0 N–H and O–H groups in total. The molecule has 0 aromatic carbocycles. The summed E-state index contributed by atoms with van der Waals surface area (Å²) >= 11 is 1.09. The van der Waals surface area contributed by atoms with Crippen molar-refractivity contribution in [2.24, 2.45) is 0 Å². The quantitative estimate of drug-likeness (QED) is 0.480. The summed E-state index contributed by atoms with van der Waals surface area (Å²) in [5, 5.41) is 0. The predicted molar refractivity (Wildman–Crippen MR) is 46.0 cm³/mol. The number of carbonyl (C=O) groups is 2. The van der Waals surface area contributed by atoms with E-state index < -0.39 is 16.7 Å². The third-order valence-electron chi connectivity index (χ3n) is 1.56. The van der Waals surface area contributed by atoms with Gasteiger partial charge < -0.3 is 9.47 Å². The van der Waals surface area contributed by atoms with Crippen molar-refractivity contribution in [3.05, 3.63) is 0 Å². The fourth-order valence-electron chi connectivity index (χ4n) is 0.640. The molecule has 0 aromatic rings. The molecule has 70 valence electrons. The predicted octanol–water partition coefficient (Wildman–Crippen LogP) is 0.454. The zero-order valence-electron chi connectivity index (χ0n) is 7.54. The molecule has 0 aromatic heterocycles. The minimum atomic E-state index is -1.25. The molecule has 0 unspecified atom stereocenters. The second-order valence-corrected chi connectivity index (χ2v) is 3.45. The summed E-state index contributed by atoms with van der Waals surface area (Å²) in [6.07, 6.45) is 1.65. The maximum absolute atomic E-state index is 11.1. The van der Waals surface area contributed by atoms with Crippen molar-refractivity contribution in [3.63, 3.8) is 0 Å². The molecule has 0 fully saturated rings. The number of hydrogen-bond acceptors (Lipinski definition) is 5. The van der Waals surface area contributed by atoms with E-state index in [9.17, 15) is 9.59 Å². The van der Waals surface area contributed by atoms with Gasteiger partial charge in [0.25, 0.3) is 0 Å². The maximum atomic E-state index is 11.1. The van der Waals surface area contributed by atoms with Crippen LogP contribution in [0.4, 0.5) is 0 Å². The second kappa shape index (κ2) is 4.35. The number of hydrogen-bond donors (Lipinski definition) is 0. The molecular formula is C7H12O4S. The van der Waals surface area contributed by atoms with Crippen LogP contribution in [-0.2, 0) is 19.1 Å². The van der Waals surface area contributed by atoms with Gasteiger partial charge in [0.1, 0.15) is 0 Å². The number of ether oxygens (including phenoxy) is 2. The number of thioether (sulfide) groups is 1. The zero-order chi connectivity index (χ0) is 9.78. The van der Waals surface area contributed by atoms with Crippen LogP contribution >= 0.6 is 11.8 Å². The van der Waals surface area contributed by atoms with Gasteiger partial charge in [-0.2, -0.15) is 0 Å². The first-order chi connectivity index (χ1) is 5.52. The van der Waals surface area contributed by atoms with Gasteiger partial charge in [-0.15, -0.1) is 11.8 Å². The van der Waals surface area contributed by atoms with E-state index in [4.69, 9.17) is 0 Å². The average Bonchev–Trinajstić information content (AvgIpc) is 2.13. The molecule has 0 bridgehead atoms. The molecule has 0 aliphatic heterocycles. The SMILES string of the molecule is COC(=O)C(C)(SC)C(=O)OC. The summed E-state index contributed by atoms with van der Waals surface area (Å²) in [7, 11) is 2.47. The van der Waals surface area contributed by atoms with E-state index in [1.54, 1.807) is 6.26 Å². The Morgan fingerprint density at radius 2 is 1.50 bits per heavy atom. The van der Waals surface area contributed by atoms with Crippen molar-refractivity contribution in [2.75, 3.05) is 20.5 Å². The molecule has 0 saturated heterocycles. The molecule has 0 spiro atoms. The van der Waals surface area contributed by atoms with Gasteiger partial charge in [0.05, 0.1) is 14.2 Å². The van der Waals surface area contributed by atoms with Gasteiger partial charge in [-0.25, -0.2) is 9.59 Å². The first-order valence-electron chi connectivity index (χ1n) is 3.25. The van der Waals surface area contributed by atoms with Crippen LogP contribution < -0.4 is 0 Å². The van der Waals surface area contributed by atoms with Crippen LogP contribution in [0.5, 0.6) is 0 Å². The lowest BCUT2D eigenvalue weighted by atomic mass is 10.2. The van der Waals surface area contributed by atoms with Gasteiger partial charge in [-0.05, 0) is 13.2 Å². The van der Waals surface area contributed by atoms with E-state index in [1.165, 1.54) is 21.1 Å². The Labute approximate surface area is 75.6 Å². The van der Waals surface area contributed by atoms with E-state index in [-0.39, 0.29) is 0 Å².